The number of hydrogen-bond acceptors (Lipinski definition) is 3. The van der Waals surface area contributed by atoms with Crippen molar-refractivity contribution in [1.82, 2.24) is 9.88 Å². The number of para-hydroxylation sites is 2. The third kappa shape index (κ3) is 3.90. The van der Waals surface area contributed by atoms with E-state index < -0.39 is 6.04 Å². The Kier molecular flexibility index (Phi) is 5.87. The minimum absolute atomic E-state index is 0.159. The lowest BCUT2D eigenvalue weighted by atomic mass is 10.0. The minimum atomic E-state index is -0.850. The third-order valence-electron chi connectivity index (χ3n) is 5.89. The molecule has 0 spiro atoms. The Labute approximate surface area is 201 Å². The van der Waals surface area contributed by atoms with E-state index in [9.17, 15) is 9.59 Å². The molecule has 0 bridgehead atoms. The van der Waals surface area contributed by atoms with Crippen molar-refractivity contribution in [1.29, 1.82) is 0 Å². The standard InChI is InChI=1S/C26H22ClN3O2S/c1-29-20-13-7-5-11-18(20)23-24(25(32)28-15-17-9-3-2-4-10-17)30(22(31)16-33-26(23)29)21-14-8-6-12-19(21)27/h2-14,24H,15-16H2,1H3,(H,28,32)/t24-/m0/s1. The lowest BCUT2D eigenvalue weighted by molar-refractivity contribution is -0.125. The average molecular weight is 476 g/mol. The van der Waals surface area contributed by atoms with Crippen LogP contribution < -0.4 is 10.2 Å². The SMILES string of the molecule is Cn1c2c(c3ccccc31)[C@@H](C(=O)NCc1ccccc1)N(c1ccccc1Cl)C(=O)CS2. The minimum Gasteiger partial charge on any atom is -0.350 e. The summed E-state index contributed by atoms with van der Waals surface area (Å²) in [5.74, 6) is -0.189. The lowest BCUT2D eigenvalue weighted by Gasteiger charge is -2.30. The van der Waals surface area contributed by atoms with Crippen molar-refractivity contribution in [2.24, 2.45) is 7.05 Å². The fourth-order valence-electron chi connectivity index (χ4n) is 4.36. The number of anilines is 1. The van der Waals surface area contributed by atoms with Gasteiger partial charge in [0, 0.05) is 30.1 Å². The quantitative estimate of drug-likeness (QED) is 0.434. The molecule has 1 N–H and O–H groups in total. The summed E-state index contributed by atoms with van der Waals surface area (Å²) in [5.41, 5.74) is 3.37. The van der Waals surface area contributed by atoms with Crippen molar-refractivity contribution >= 4 is 51.8 Å². The van der Waals surface area contributed by atoms with Crippen LogP contribution in [0.1, 0.15) is 17.2 Å². The average Bonchev–Trinajstić information content (AvgIpc) is 3.02. The summed E-state index contributed by atoms with van der Waals surface area (Å²) in [7, 11) is 1.97. The van der Waals surface area contributed by atoms with Gasteiger partial charge in [-0.15, -0.1) is 0 Å². The van der Waals surface area contributed by atoms with Crippen molar-refractivity contribution in [3.8, 4) is 0 Å². The van der Waals surface area contributed by atoms with Crippen LogP contribution in [-0.2, 0) is 23.2 Å². The Hall–Kier alpha value is -3.22. The van der Waals surface area contributed by atoms with E-state index in [1.54, 1.807) is 17.0 Å². The first kappa shape index (κ1) is 21.6. The van der Waals surface area contributed by atoms with E-state index in [1.165, 1.54) is 11.8 Å². The predicted octanol–water partition coefficient (Wildman–Crippen LogP) is 5.33. The van der Waals surface area contributed by atoms with Crippen LogP contribution in [0.2, 0.25) is 5.02 Å². The van der Waals surface area contributed by atoms with E-state index in [1.807, 2.05) is 73.8 Å². The lowest BCUT2D eigenvalue weighted by Crippen LogP contribution is -2.44. The topological polar surface area (TPSA) is 54.3 Å². The number of benzene rings is 3. The monoisotopic (exact) mass is 475 g/mol. The van der Waals surface area contributed by atoms with Crippen LogP contribution in [0.3, 0.4) is 0 Å². The number of nitrogens with zero attached hydrogens (tertiary/aromatic N) is 2. The molecule has 33 heavy (non-hydrogen) atoms. The highest BCUT2D eigenvalue weighted by atomic mass is 35.5. The van der Waals surface area contributed by atoms with E-state index in [-0.39, 0.29) is 17.6 Å². The molecule has 3 aromatic carbocycles. The molecule has 0 aliphatic carbocycles. The van der Waals surface area contributed by atoms with Crippen molar-refractivity contribution in [2.75, 3.05) is 10.7 Å². The first-order chi connectivity index (χ1) is 16.1. The van der Waals surface area contributed by atoms with Gasteiger partial charge >= 0.3 is 0 Å². The maximum absolute atomic E-state index is 13.8. The second-order valence-electron chi connectivity index (χ2n) is 7.90. The van der Waals surface area contributed by atoms with Gasteiger partial charge in [0.2, 0.25) is 11.8 Å². The smallest absolute Gasteiger partial charge is 0.248 e. The summed E-state index contributed by atoms with van der Waals surface area (Å²) in [5, 5.41) is 5.36. The number of thioether (sulfide) groups is 1. The zero-order valence-electron chi connectivity index (χ0n) is 18.0. The molecule has 0 unspecified atom stereocenters. The first-order valence-corrected chi connectivity index (χ1v) is 12.0. The second kappa shape index (κ2) is 8.96. The van der Waals surface area contributed by atoms with Gasteiger partial charge in [-0.3, -0.25) is 14.5 Å². The highest BCUT2D eigenvalue weighted by Crippen LogP contribution is 2.44. The molecule has 1 aliphatic rings. The molecule has 0 radical (unpaired) electrons. The van der Waals surface area contributed by atoms with Crippen LogP contribution in [-0.4, -0.2) is 22.1 Å². The number of carbonyl (C=O) groups excluding carboxylic acids is 2. The second-order valence-corrected chi connectivity index (χ2v) is 9.28. The van der Waals surface area contributed by atoms with Crippen molar-refractivity contribution in [2.45, 2.75) is 17.6 Å². The van der Waals surface area contributed by atoms with E-state index in [0.29, 0.717) is 17.3 Å². The van der Waals surface area contributed by atoms with Gasteiger partial charge in [0.05, 0.1) is 21.5 Å². The number of hydrogen-bond donors (Lipinski definition) is 1. The van der Waals surface area contributed by atoms with Crippen LogP contribution in [0.5, 0.6) is 0 Å². The Bertz CT molecular complexity index is 1350. The molecule has 5 nitrogen and oxygen atoms in total. The van der Waals surface area contributed by atoms with Crippen molar-refractivity contribution in [3.63, 3.8) is 0 Å². The summed E-state index contributed by atoms with van der Waals surface area (Å²) >= 11 is 7.99. The fraction of sp³-hybridized carbons (Fsp3) is 0.154. The molecular formula is C26H22ClN3O2S. The number of halogens is 1. The van der Waals surface area contributed by atoms with Gasteiger partial charge in [-0.2, -0.15) is 0 Å². The Morgan fingerprint density at radius 3 is 2.52 bits per heavy atom. The molecule has 0 saturated heterocycles. The molecule has 1 atom stereocenters. The van der Waals surface area contributed by atoms with Gasteiger partial charge in [0.15, 0.2) is 0 Å². The van der Waals surface area contributed by atoms with Gasteiger partial charge in [0.25, 0.3) is 0 Å². The van der Waals surface area contributed by atoms with Gasteiger partial charge in [-0.1, -0.05) is 84.0 Å². The summed E-state index contributed by atoms with van der Waals surface area (Å²) in [6, 6.07) is 24.0. The molecule has 1 aliphatic heterocycles. The summed E-state index contributed by atoms with van der Waals surface area (Å²) < 4.78 is 2.07. The van der Waals surface area contributed by atoms with Crippen LogP contribution >= 0.6 is 23.4 Å². The van der Waals surface area contributed by atoms with E-state index in [2.05, 4.69) is 9.88 Å². The summed E-state index contributed by atoms with van der Waals surface area (Å²) in [6.45, 7) is 0.369. The number of aryl methyl sites for hydroxylation is 1. The molecule has 4 aromatic rings. The molecular weight excluding hydrogens is 454 g/mol. The molecule has 1 aromatic heterocycles. The van der Waals surface area contributed by atoms with Gasteiger partial charge < -0.3 is 9.88 Å². The molecule has 0 fully saturated rings. The molecule has 2 amide bonds. The number of carbonyl (C=O) groups is 2. The van der Waals surface area contributed by atoms with E-state index in [0.717, 1.165) is 27.1 Å². The largest absolute Gasteiger partial charge is 0.350 e. The fourth-order valence-corrected chi connectivity index (χ4v) is 5.66. The predicted molar refractivity (Wildman–Crippen MR) is 134 cm³/mol. The molecule has 0 saturated carbocycles. The number of amides is 2. The number of rotatable bonds is 4. The Morgan fingerprint density at radius 1 is 1.03 bits per heavy atom. The van der Waals surface area contributed by atoms with Crippen LogP contribution in [0.15, 0.2) is 83.9 Å². The zero-order chi connectivity index (χ0) is 22.9. The molecule has 2 heterocycles. The highest BCUT2D eigenvalue weighted by molar-refractivity contribution is 8.00. The van der Waals surface area contributed by atoms with Gasteiger partial charge in [0.1, 0.15) is 6.04 Å². The number of nitrogens with one attached hydrogen (secondary N) is 1. The zero-order valence-corrected chi connectivity index (χ0v) is 19.6. The Morgan fingerprint density at radius 2 is 1.73 bits per heavy atom. The Balaban J connectivity index is 1.67. The van der Waals surface area contributed by atoms with Gasteiger partial charge in [-0.05, 0) is 23.8 Å². The van der Waals surface area contributed by atoms with E-state index in [4.69, 9.17) is 11.6 Å². The van der Waals surface area contributed by atoms with Crippen LogP contribution in [0.4, 0.5) is 5.69 Å². The molecule has 166 valence electrons. The van der Waals surface area contributed by atoms with Gasteiger partial charge in [-0.25, -0.2) is 0 Å². The maximum Gasteiger partial charge on any atom is 0.248 e. The van der Waals surface area contributed by atoms with Crippen LogP contribution in [0, 0.1) is 0 Å². The van der Waals surface area contributed by atoms with Crippen molar-refractivity contribution < 1.29 is 9.59 Å². The molecule has 5 rings (SSSR count). The summed E-state index contributed by atoms with van der Waals surface area (Å²) in [4.78, 5) is 28.8. The van der Waals surface area contributed by atoms with Crippen LogP contribution in [0.25, 0.3) is 10.9 Å². The normalized spacial score (nSPS) is 15.9. The summed E-state index contributed by atoms with van der Waals surface area (Å²) in [6.07, 6.45) is 0. The first-order valence-electron chi connectivity index (χ1n) is 10.6. The highest BCUT2D eigenvalue weighted by Gasteiger charge is 2.40. The van der Waals surface area contributed by atoms with Crippen molar-refractivity contribution in [3.05, 3.63) is 95.0 Å². The molecule has 7 heteroatoms. The third-order valence-corrected chi connectivity index (χ3v) is 7.37. The number of fused-ring (bicyclic) bond motifs is 3. The maximum atomic E-state index is 13.8. The number of aromatic nitrogens is 1. The van der Waals surface area contributed by atoms with E-state index >= 15 is 0 Å².